The van der Waals surface area contributed by atoms with Crippen LogP contribution in [0.1, 0.15) is 48.9 Å². The van der Waals surface area contributed by atoms with Crippen molar-refractivity contribution >= 4 is 5.91 Å². The molecule has 0 bridgehead atoms. The number of methoxy groups -OCH3 is 1. The van der Waals surface area contributed by atoms with Crippen molar-refractivity contribution in [2.45, 2.75) is 45.1 Å². The van der Waals surface area contributed by atoms with Crippen molar-refractivity contribution in [2.24, 2.45) is 0 Å². The largest absolute Gasteiger partial charge is 0.497 e. The third kappa shape index (κ3) is 4.37. The first-order valence-corrected chi connectivity index (χ1v) is 9.38. The molecule has 138 valence electrons. The van der Waals surface area contributed by atoms with Crippen LogP contribution in [0.2, 0.25) is 0 Å². The van der Waals surface area contributed by atoms with Crippen molar-refractivity contribution in [3.63, 3.8) is 0 Å². The van der Waals surface area contributed by atoms with Gasteiger partial charge in [0.05, 0.1) is 13.2 Å². The van der Waals surface area contributed by atoms with Crippen LogP contribution >= 0.6 is 0 Å². The zero-order valence-electron chi connectivity index (χ0n) is 15.6. The molecular weight excluding hydrogens is 326 g/mol. The second-order valence-electron chi connectivity index (χ2n) is 6.69. The molecule has 0 fully saturated rings. The van der Waals surface area contributed by atoms with Gasteiger partial charge in [-0.25, -0.2) is 0 Å². The number of hydrogen-bond acceptors (Lipinski definition) is 3. The lowest BCUT2D eigenvalue weighted by molar-refractivity contribution is -0.123. The predicted molar refractivity (Wildman–Crippen MR) is 103 cm³/mol. The fourth-order valence-corrected chi connectivity index (χ4v) is 3.52. The molecule has 3 rings (SSSR count). The van der Waals surface area contributed by atoms with E-state index in [1.807, 2.05) is 36.4 Å². The highest BCUT2D eigenvalue weighted by molar-refractivity contribution is 5.78. The van der Waals surface area contributed by atoms with Crippen molar-refractivity contribution in [3.8, 4) is 11.5 Å². The summed E-state index contributed by atoms with van der Waals surface area (Å²) in [4.78, 5) is 12.4. The molecule has 0 spiro atoms. The summed E-state index contributed by atoms with van der Waals surface area (Å²) < 4.78 is 11.0. The number of fused-ring (bicyclic) bond motifs is 1. The van der Waals surface area contributed by atoms with E-state index in [1.165, 1.54) is 24.0 Å². The lowest BCUT2D eigenvalue weighted by atomic mass is 9.91. The van der Waals surface area contributed by atoms with Crippen LogP contribution in [0.5, 0.6) is 11.5 Å². The second kappa shape index (κ2) is 8.75. The molecule has 0 saturated carbocycles. The molecule has 0 saturated heterocycles. The number of amides is 1. The van der Waals surface area contributed by atoms with E-state index in [9.17, 15) is 4.79 Å². The van der Waals surface area contributed by atoms with Gasteiger partial charge < -0.3 is 14.8 Å². The minimum Gasteiger partial charge on any atom is -0.497 e. The molecule has 1 N–H and O–H groups in total. The zero-order valence-corrected chi connectivity index (χ0v) is 15.6. The number of benzene rings is 2. The molecule has 0 aromatic heterocycles. The summed E-state index contributed by atoms with van der Waals surface area (Å²) in [6.07, 6.45) is 5.38. The van der Waals surface area contributed by atoms with E-state index in [0.29, 0.717) is 0 Å². The average molecular weight is 353 g/mol. The molecule has 2 aromatic rings. The van der Waals surface area contributed by atoms with Gasteiger partial charge in [-0.15, -0.1) is 0 Å². The van der Waals surface area contributed by atoms with Gasteiger partial charge in [-0.2, -0.15) is 0 Å². The number of hydrogen-bond donors (Lipinski definition) is 1. The number of ether oxygens (including phenoxy) is 2. The molecule has 4 heteroatoms. The summed E-state index contributed by atoms with van der Waals surface area (Å²) in [5.74, 6) is 1.57. The summed E-state index contributed by atoms with van der Waals surface area (Å²) in [6, 6.07) is 13.9. The topological polar surface area (TPSA) is 47.6 Å². The van der Waals surface area contributed by atoms with E-state index in [2.05, 4.69) is 18.3 Å². The smallest absolute Gasteiger partial charge is 0.258 e. The van der Waals surface area contributed by atoms with Crippen LogP contribution < -0.4 is 14.8 Å². The van der Waals surface area contributed by atoms with Gasteiger partial charge in [0.15, 0.2) is 6.61 Å². The Morgan fingerprint density at radius 1 is 1.12 bits per heavy atom. The summed E-state index contributed by atoms with van der Waals surface area (Å²) in [5, 5.41) is 3.07. The van der Waals surface area contributed by atoms with Crippen molar-refractivity contribution in [1.29, 1.82) is 0 Å². The van der Waals surface area contributed by atoms with Crippen LogP contribution in [0.3, 0.4) is 0 Å². The van der Waals surface area contributed by atoms with Crippen molar-refractivity contribution in [3.05, 3.63) is 59.2 Å². The quantitative estimate of drug-likeness (QED) is 0.811. The minimum atomic E-state index is -0.0962. The number of carbonyl (C=O) groups excluding carboxylic acids is 1. The maximum atomic E-state index is 12.4. The summed E-state index contributed by atoms with van der Waals surface area (Å²) in [7, 11) is 1.65. The molecule has 0 radical (unpaired) electrons. The highest BCUT2D eigenvalue weighted by Gasteiger charge is 2.16. The maximum Gasteiger partial charge on any atom is 0.258 e. The number of nitrogens with one attached hydrogen (secondary N) is 1. The first-order valence-electron chi connectivity index (χ1n) is 9.38. The predicted octanol–water partition coefficient (Wildman–Crippen LogP) is 4.22. The molecule has 4 nitrogen and oxygen atoms in total. The van der Waals surface area contributed by atoms with E-state index in [4.69, 9.17) is 9.47 Å². The van der Waals surface area contributed by atoms with E-state index in [-0.39, 0.29) is 18.6 Å². The van der Waals surface area contributed by atoms with Crippen LogP contribution in [0.15, 0.2) is 42.5 Å². The number of aryl methyl sites for hydroxylation is 1. The number of carbonyl (C=O) groups is 1. The Morgan fingerprint density at radius 3 is 2.62 bits per heavy atom. The Balaban J connectivity index is 1.59. The van der Waals surface area contributed by atoms with Gasteiger partial charge in [-0.3, -0.25) is 4.79 Å². The monoisotopic (exact) mass is 353 g/mol. The second-order valence-corrected chi connectivity index (χ2v) is 6.69. The normalized spacial score (nSPS) is 14.2. The first kappa shape index (κ1) is 18.3. The summed E-state index contributed by atoms with van der Waals surface area (Å²) >= 11 is 0. The Bertz CT molecular complexity index is 740. The van der Waals surface area contributed by atoms with E-state index >= 15 is 0 Å². The first-order chi connectivity index (χ1) is 12.7. The molecular formula is C22H27NO3. The zero-order chi connectivity index (χ0) is 18.4. The molecule has 1 amide bonds. The molecule has 0 unspecified atom stereocenters. The van der Waals surface area contributed by atoms with Crippen molar-refractivity contribution in [2.75, 3.05) is 13.7 Å². The van der Waals surface area contributed by atoms with Gasteiger partial charge in [-0.05, 0) is 67.0 Å². The van der Waals surface area contributed by atoms with Gasteiger partial charge in [0, 0.05) is 0 Å². The molecule has 2 aromatic carbocycles. The fourth-order valence-electron chi connectivity index (χ4n) is 3.52. The van der Waals surface area contributed by atoms with Gasteiger partial charge in [0.25, 0.3) is 5.91 Å². The third-order valence-corrected chi connectivity index (χ3v) is 4.97. The van der Waals surface area contributed by atoms with Crippen LogP contribution in [0.25, 0.3) is 0 Å². The molecule has 26 heavy (non-hydrogen) atoms. The van der Waals surface area contributed by atoms with Crippen LogP contribution in [0.4, 0.5) is 0 Å². The van der Waals surface area contributed by atoms with Crippen LogP contribution in [0, 0.1) is 0 Å². The summed E-state index contributed by atoms with van der Waals surface area (Å²) in [5.41, 5.74) is 3.70. The van der Waals surface area contributed by atoms with E-state index in [1.54, 1.807) is 7.11 Å². The number of rotatable bonds is 7. The Hall–Kier alpha value is -2.49. The van der Waals surface area contributed by atoms with Crippen LogP contribution in [-0.4, -0.2) is 19.6 Å². The molecule has 0 aliphatic heterocycles. The maximum absolute atomic E-state index is 12.4. The van der Waals surface area contributed by atoms with Gasteiger partial charge in [-0.1, -0.05) is 31.2 Å². The van der Waals surface area contributed by atoms with E-state index in [0.717, 1.165) is 36.3 Å². The van der Waals surface area contributed by atoms with Gasteiger partial charge >= 0.3 is 0 Å². The van der Waals surface area contributed by atoms with Crippen molar-refractivity contribution < 1.29 is 14.3 Å². The highest BCUT2D eigenvalue weighted by Crippen LogP contribution is 2.29. The third-order valence-electron chi connectivity index (χ3n) is 4.97. The minimum absolute atomic E-state index is 0.0262. The Morgan fingerprint density at radius 2 is 1.88 bits per heavy atom. The summed E-state index contributed by atoms with van der Waals surface area (Å²) in [6.45, 7) is 2.10. The highest BCUT2D eigenvalue weighted by atomic mass is 16.5. The fraction of sp³-hybridized carbons (Fsp3) is 0.409. The van der Waals surface area contributed by atoms with Crippen LogP contribution in [-0.2, 0) is 17.6 Å². The molecule has 1 aliphatic rings. The Kier molecular flexibility index (Phi) is 6.16. The lowest BCUT2D eigenvalue weighted by Crippen LogP contribution is -2.32. The lowest BCUT2D eigenvalue weighted by Gasteiger charge is -2.21. The molecule has 1 atom stereocenters. The SMILES string of the molecule is CC[C@@H](NC(=O)COc1cccc2c1CCCC2)c1ccc(OC)cc1. The Labute approximate surface area is 155 Å². The van der Waals surface area contributed by atoms with Gasteiger partial charge in [0.2, 0.25) is 0 Å². The average Bonchev–Trinajstić information content (AvgIpc) is 2.70. The van der Waals surface area contributed by atoms with Gasteiger partial charge in [0.1, 0.15) is 11.5 Å². The molecule has 0 heterocycles. The van der Waals surface area contributed by atoms with Crippen molar-refractivity contribution in [1.82, 2.24) is 5.32 Å². The van der Waals surface area contributed by atoms with E-state index < -0.39 is 0 Å². The standard InChI is InChI=1S/C22H27NO3/c1-3-20(17-11-13-18(25-2)14-12-17)23-22(24)15-26-21-10-6-8-16-7-4-5-9-19(16)21/h6,8,10-14,20H,3-5,7,9,15H2,1-2H3,(H,23,24)/t20-/m1/s1. The molecule has 1 aliphatic carbocycles.